The first kappa shape index (κ1) is 22.2. The summed E-state index contributed by atoms with van der Waals surface area (Å²) in [6.07, 6.45) is -4.52. The van der Waals surface area contributed by atoms with Crippen LogP contribution in [0.5, 0.6) is 11.5 Å². The smallest absolute Gasteiger partial charge is 0.416 e. The lowest BCUT2D eigenvalue weighted by atomic mass is 9.95. The number of para-hydroxylation sites is 1. The molecule has 0 aliphatic heterocycles. The van der Waals surface area contributed by atoms with Crippen molar-refractivity contribution in [3.8, 4) is 34.8 Å². The molecule has 7 nitrogen and oxygen atoms in total. The van der Waals surface area contributed by atoms with Gasteiger partial charge in [0.05, 0.1) is 12.7 Å². The number of pyridine rings is 1. The van der Waals surface area contributed by atoms with E-state index in [0.717, 1.165) is 12.1 Å². The van der Waals surface area contributed by atoms with Crippen molar-refractivity contribution in [3.63, 3.8) is 0 Å². The van der Waals surface area contributed by atoms with Gasteiger partial charge in [-0.2, -0.15) is 23.7 Å². The van der Waals surface area contributed by atoms with Gasteiger partial charge in [0.2, 0.25) is 0 Å². The number of nitrogens with zero attached hydrogens (tertiary/aromatic N) is 2. The van der Waals surface area contributed by atoms with Crippen LogP contribution in [0.2, 0.25) is 0 Å². The number of hydrogen-bond donors (Lipinski definition) is 2. The molecule has 0 aliphatic carbocycles. The fourth-order valence-corrected chi connectivity index (χ4v) is 3.13. The number of halogens is 3. The molecule has 1 heterocycles. The molecule has 32 heavy (non-hydrogen) atoms. The van der Waals surface area contributed by atoms with Gasteiger partial charge in [-0.05, 0) is 23.8 Å². The lowest BCUT2D eigenvalue weighted by Crippen LogP contribution is -2.16. The first-order chi connectivity index (χ1) is 15.2. The highest BCUT2D eigenvalue weighted by Crippen LogP contribution is 2.41. The topological polar surface area (TPSA) is 125 Å². The maximum Gasteiger partial charge on any atom is 0.416 e. The summed E-state index contributed by atoms with van der Waals surface area (Å²) >= 11 is 0. The number of methoxy groups -OCH3 is 1. The van der Waals surface area contributed by atoms with Gasteiger partial charge in [0, 0.05) is 11.1 Å². The second kappa shape index (κ2) is 8.74. The number of anilines is 1. The van der Waals surface area contributed by atoms with Crippen molar-refractivity contribution in [3.05, 3.63) is 75.1 Å². The van der Waals surface area contributed by atoms with E-state index in [1.807, 2.05) is 6.07 Å². The normalized spacial score (nSPS) is 10.8. The molecule has 0 spiro atoms. The predicted octanol–water partition coefficient (Wildman–Crippen LogP) is 3.97. The second-order valence-corrected chi connectivity index (χ2v) is 6.54. The van der Waals surface area contributed by atoms with Gasteiger partial charge in [-0.15, -0.1) is 0 Å². The molecule has 3 rings (SSSR count). The molecule has 0 amide bonds. The van der Waals surface area contributed by atoms with Crippen LogP contribution < -0.4 is 20.8 Å². The van der Waals surface area contributed by atoms with E-state index < -0.39 is 17.3 Å². The minimum Gasteiger partial charge on any atom is -0.493 e. The zero-order valence-corrected chi connectivity index (χ0v) is 16.6. The minimum atomic E-state index is -4.52. The van der Waals surface area contributed by atoms with Crippen LogP contribution in [-0.4, -0.2) is 12.1 Å². The third-order valence-electron chi connectivity index (χ3n) is 4.57. The first-order valence-electron chi connectivity index (χ1n) is 9.03. The molecule has 0 atom stereocenters. The van der Waals surface area contributed by atoms with Crippen LogP contribution in [0.3, 0.4) is 0 Å². The van der Waals surface area contributed by atoms with Gasteiger partial charge in [-0.25, -0.2) is 0 Å². The monoisotopic (exact) mass is 440 g/mol. The number of nitrogen functional groups attached to an aromatic ring is 1. The number of nitrogens with one attached hydrogen (secondary N) is 1. The summed E-state index contributed by atoms with van der Waals surface area (Å²) in [4.78, 5) is 14.5. The number of rotatable bonds is 5. The number of aromatic nitrogens is 1. The number of nitrogens with two attached hydrogens (primary N) is 1. The van der Waals surface area contributed by atoms with E-state index in [2.05, 4.69) is 4.98 Å². The van der Waals surface area contributed by atoms with Crippen LogP contribution in [-0.2, 0) is 12.8 Å². The van der Waals surface area contributed by atoms with Crippen LogP contribution >= 0.6 is 0 Å². The van der Waals surface area contributed by atoms with Crippen LogP contribution in [0.1, 0.15) is 22.3 Å². The van der Waals surface area contributed by atoms with E-state index >= 15 is 0 Å². The Morgan fingerprint density at radius 2 is 1.78 bits per heavy atom. The summed E-state index contributed by atoms with van der Waals surface area (Å²) in [5.41, 5.74) is 3.93. The van der Waals surface area contributed by atoms with Gasteiger partial charge in [0.15, 0.2) is 11.5 Å². The lowest BCUT2D eigenvalue weighted by Gasteiger charge is -2.17. The molecule has 0 fully saturated rings. The third kappa shape index (κ3) is 4.20. The van der Waals surface area contributed by atoms with Gasteiger partial charge in [0.1, 0.15) is 35.7 Å². The van der Waals surface area contributed by atoms with E-state index in [-0.39, 0.29) is 51.7 Å². The maximum absolute atomic E-state index is 13.0. The van der Waals surface area contributed by atoms with Crippen molar-refractivity contribution in [2.45, 2.75) is 12.8 Å². The standard InChI is InChI=1S/C22H15F3N4O3/c1-31-17-7-3-6-14(18-15(9-26)20(28)29-21(30)16(18)10-27)19(17)32-11-12-4-2-5-13(8-12)22(23,24)25/h2-8H,11H2,1H3,(H3,28,29,30). The highest BCUT2D eigenvalue weighted by atomic mass is 19.4. The number of aromatic amines is 1. The molecule has 1 aromatic heterocycles. The third-order valence-corrected chi connectivity index (χ3v) is 4.57. The quantitative estimate of drug-likeness (QED) is 0.618. The van der Waals surface area contributed by atoms with Crippen LogP contribution in [0.25, 0.3) is 11.1 Å². The molecule has 0 radical (unpaired) electrons. The van der Waals surface area contributed by atoms with Crippen molar-refractivity contribution in [1.29, 1.82) is 10.5 Å². The number of ether oxygens (including phenoxy) is 2. The Morgan fingerprint density at radius 1 is 1.09 bits per heavy atom. The minimum absolute atomic E-state index is 0.0328. The highest BCUT2D eigenvalue weighted by Gasteiger charge is 2.30. The number of H-pyrrole nitrogens is 1. The molecule has 0 bridgehead atoms. The predicted molar refractivity (Wildman–Crippen MR) is 109 cm³/mol. The molecule has 0 saturated carbocycles. The molecule has 162 valence electrons. The SMILES string of the molecule is COc1cccc(-c2c(C#N)c(N)[nH]c(=O)c2C#N)c1OCc1cccc(C(F)(F)F)c1. The summed E-state index contributed by atoms with van der Waals surface area (Å²) in [6.45, 7) is -0.278. The van der Waals surface area contributed by atoms with E-state index in [9.17, 15) is 28.5 Å². The molecule has 3 N–H and O–H groups in total. The fourth-order valence-electron chi connectivity index (χ4n) is 3.13. The van der Waals surface area contributed by atoms with Crippen molar-refractivity contribution >= 4 is 5.82 Å². The zero-order chi connectivity index (χ0) is 23.5. The van der Waals surface area contributed by atoms with Crippen LogP contribution in [0, 0.1) is 22.7 Å². The van der Waals surface area contributed by atoms with Gasteiger partial charge in [0.25, 0.3) is 5.56 Å². The van der Waals surface area contributed by atoms with E-state index in [1.165, 1.54) is 31.4 Å². The van der Waals surface area contributed by atoms with E-state index in [0.29, 0.717) is 0 Å². The van der Waals surface area contributed by atoms with Crippen molar-refractivity contribution in [2.24, 2.45) is 0 Å². The largest absolute Gasteiger partial charge is 0.493 e. The molecule has 10 heteroatoms. The molecule has 0 unspecified atom stereocenters. The average molecular weight is 440 g/mol. The van der Waals surface area contributed by atoms with Crippen LogP contribution in [0.4, 0.5) is 19.0 Å². The highest BCUT2D eigenvalue weighted by molar-refractivity contribution is 5.85. The molecular weight excluding hydrogens is 425 g/mol. The molecule has 0 aliphatic rings. The van der Waals surface area contributed by atoms with E-state index in [1.54, 1.807) is 12.1 Å². The number of hydrogen-bond acceptors (Lipinski definition) is 6. The van der Waals surface area contributed by atoms with Gasteiger partial charge >= 0.3 is 6.18 Å². The molecule has 0 saturated heterocycles. The Balaban J connectivity index is 2.15. The van der Waals surface area contributed by atoms with Crippen molar-refractivity contribution in [1.82, 2.24) is 4.98 Å². The Labute approximate surface area is 180 Å². The summed E-state index contributed by atoms with van der Waals surface area (Å²) in [5, 5.41) is 19.1. The number of nitriles is 2. The summed E-state index contributed by atoms with van der Waals surface area (Å²) in [7, 11) is 1.35. The summed E-state index contributed by atoms with van der Waals surface area (Å²) in [6, 6.07) is 12.8. The average Bonchev–Trinajstić information content (AvgIpc) is 2.76. The Morgan fingerprint density at radius 3 is 2.41 bits per heavy atom. The van der Waals surface area contributed by atoms with Crippen molar-refractivity contribution in [2.75, 3.05) is 12.8 Å². The van der Waals surface area contributed by atoms with Gasteiger partial charge < -0.3 is 20.2 Å². The van der Waals surface area contributed by atoms with Crippen molar-refractivity contribution < 1.29 is 22.6 Å². The Hall–Kier alpha value is -4.44. The first-order valence-corrected chi connectivity index (χ1v) is 9.03. The zero-order valence-electron chi connectivity index (χ0n) is 16.6. The number of alkyl halides is 3. The van der Waals surface area contributed by atoms with Gasteiger partial charge in [-0.3, -0.25) is 4.79 Å². The fraction of sp³-hybridized carbons (Fsp3) is 0.136. The van der Waals surface area contributed by atoms with E-state index in [4.69, 9.17) is 15.2 Å². The maximum atomic E-state index is 13.0. The van der Waals surface area contributed by atoms with Crippen LogP contribution in [0.15, 0.2) is 47.3 Å². The Bertz CT molecular complexity index is 1320. The number of benzene rings is 2. The Kier molecular flexibility index (Phi) is 6.08. The summed E-state index contributed by atoms with van der Waals surface area (Å²) in [5.74, 6) is -0.0235. The molecular formula is C22H15F3N4O3. The molecule has 2 aromatic carbocycles. The second-order valence-electron chi connectivity index (χ2n) is 6.54. The van der Waals surface area contributed by atoms with Gasteiger partial charge in [-0.1, -0.05) is 24.3 Å². The summed E-state index contributed by atoms with van der Waals surface area (Å²) < 4.78 is 50.1. The molecule has 3 aromatic rings. The lowest BCUT2D eigenvalue weighted by molar-refractivity contribution is -0.137.